The molecule has 0 radical (unpaired) electrons. The van der Waals surface area contributed by atoms with Crippen molar-refractivity contribution < 1.29 is 13.2 Å². The number of rotatable bonds is 6. The smallest absolute Gasteiger partial charge is 0.239 e. The van der Waals surface area contributed by atoms with Crippen LogP contribution in [0.15, 0.2) is 42.6 Å². The number of nitrogens with one attached hydrogen (secondary N) is 1. The molecule has 0 saturated carbocycles. The third-order valence-corrected chi connectivity index (χ3v) is 4.59. The number of pyridine rings is 1. The van der Waals surface area contributed by atoms with E-state index in [0.717, 1.165) is 22.3 Å². The lowest BCUT2D eigenvalue weighted by molar-refractivity contribution is 0.107. The molecule has 0 aliphatic carbocycles. The molecule has 27 heavy (non-hydrogen) atoms. The molecule has 0 bridgehead atoms. The SMILES string of the molecule is Fc1ccc(CNc2nc(N3CC(CC(F)F)C3)c3ccccc3n2)cn1. The molecular formula is C19H18F3N5. The lowest BCUT2D eigenvalue weighted by Gasteiger charge is -2.40. The topological polar surface area (TPSA) is 53.9 Å². The number of aromatic nitrogens is 3. The summed E-state index contributed by atoms with van der Waals surface area (Å²) < 4.78 is 38.0. The van der Waals surface area contributed by atoms with Crippen molar-refractivity contribution in [2.75, 3.05) is 23.3 Å². The van der Waals surface area contributed by atoms with Crippen LogP contribution in [-0.4, -0.2) is 34.5 Å². The minimum Gasteiger partial charge on any atom is -0.355 e. The summed E-state index contributed by atoms with van der Waals surface area (Å²) in [5.41, 5.74) is 1.58. The van der Waals surface area contributed by atoms with Gasteiger partial charge >= 0.3 is 0 Å². The van der Waals surface area contributed by atoms with Crippen molar-refractivity contribution in [1.29, 1.82) is 0 Å². The van der Waals surface area contributed by atoms with Gasteiger partial charge in [-0.2, -0.15) is 9.37 Å². The third kappa shape index (κ3) is 3.94. The van der Waals surface area contributed by atoms with Crippen LogP contribution in [-0.2, 0) is 6.54 Å². The number of anilines is 2. The predicted octanol–water partition coefficient (Wildman–Crippen LogP) is 3.87. The number of benzene rings is 1. The Balaban J connectivity index is 1.54. The monoisotopic (exact) mass is 373 g/mol. The number of halogens is 3. The number of hydrogen-bond donors (Lipinski definition) is 1. The summed E-state index contributed by atoms with van der Waals surface area (Å²) >= 11 is 0. The van der Waals surface area contributed by atoms with Crippen molar-refractivity contribution >= 4 is 22.7 Å². The minimum atomic E-state index is -2.28. The van der Waals surface area contributed by atoms with Crippen molar-refractivity contribution in [2.45, 2.75) is 19.4 Å². The molecule has 0 spiro atoms. The lowest BCUT2D eigenvalue weighted by atomic mass is 9.96. The summed E-state index contributed by atoms with van der Waals surface area (Å²) in [5.74, 6) is 0.635. The molecule has 1 aliphatic heterocycles. The maximum atomic E-state index is 12.9. The molecule has 1 fully saturated rings. The largest absolute Gasteiger partial charge is 0.355 e. The fourth-order valence-electron chi connectivity index (χ4n) is 3.22. The highest BCUT2D eigenvalue weighted by molar-refractivity contribution is 5.90. The maximum absolute atomic E-state index is 12.9. The summed E-state index contributed by atoms with van der Waals surface area (Å²) in [6.07, 6.45) is -0.905. The molecular weight excluding hydrogens is 355 g/mol. The lowest BCUT2D eigenvalue weighted by Crippen LogP contribution is -2.48. The second kappa shape index (κ2) is 7.38. The summed E-state index contributed by atoms with van der Waals surface area (Å²) in [6.45, 7) is 1.53. The van der Waals surface area contributed by atoms with E-state index >= 15 is 0 Å². The van der Waals surface area contributed by atoms with Gasteiger partial charge in [0.15, 0.2) is 0 Å². The first-order valence-electron chi connectivity index (χ1n) is 8.72. The molecule has 1 aromatic carbocycles. The molecule has 140 valence electrons. The summed E-state index contributed by atoms with van der Waals surface area (Å²) in [7, 11) is 0. The summed E-state index contributed by atoms with van der Waals surface area (Å²) in [5, 5.41) is 4.02. The van der Waals surface area contributed by atoms with E-state index in [-0.39, 0.29) is 12.3 Å². The van der Waals surface area contributed by atoms with Crippen LogP contribution in [0.1, 0.15) is 12.0 Å². The average molecular weight is 373 g/mol. The molecule has 2 aromatic heterocycles. The van der Waals surface area contributed by atoms with Crippen molar-refractivity contribution in [1.82, 2.24) is 15.0 Å². The molecule has 0 amide bonds. The van der Waals surface area contributed by atoms with Crippen LogP contribution in [0.25, 0.3) is 10.9 Å². The van der Waals surface area contributed by atoms with E-state index in [9.17, 15) is 13.2 Å². The van der Waals surface area contributed by atoms with E-state index in [0.29, 0.717) is 25.6 Å². The van der Waals surface area contributed by atoms with E-state index in [1.807, 2.05) is 29.2 Å². The average Bonchev–Trinajstić information content (AvgIpc) is 2.63. The first-order valence-corrected chi connectivity index (χ1v) is 8.72. The molecule has 0 unspecified atom stereocenters. The van der Waals surface area contributed by atoms with E-state index in [1.165, 1.54) is 12.3 Å². The van der Waals surface area contributed by atoms with E-state index < -0.39 is 12.4 Å². The van der Waals surface area contributed by atoms with Crippen LogP contribution in [0.5, 0.6) is 0 Å². The predicted molar refractivity (Wildman–Crippen MR) is 97.4 cm³/mol. The molecule has 5 nitrogen and oxygen atoms in total. The van der Waals surface area contributed by atoms with Crippen molar-refractivity contribution in [3.63, 3.8) is 0 Å². The molecule has 1 N–H and O–H groups in total. The Morgan fingerprint density at radius 1 is 1.11 bits per heavy atom. The van der Waals surface area contributed by atoms with Crippen LogP contribution in [0.2, 0.25) is 0 Å². The van der Waals surface area contributed by atoms with Gasteiger partial charge in [0.05, 0.1) is 5.52 Å². The standard InChI is InChI=1S/C19H18F3N5/c20-16(21)7-13-10-27(11-13)18-14-3-1-2-4-15(14)25-19(26-18)24-9-12-5-6-17(22)23-8-12/h1-6,8,13,16H,7,9-11H2,(H,24,25,26). The summed E-state index contributed by atoms with van der Waals surface area (Å²) in [6, 6.07) is 10.6. The van der Waals surface area contributed by atoms with Crippen molar-refractivity contribution in [3.05, 3.63) is 54.1 Å². The van der Waals surface area contributed by atoms with E-state index in [1.54, 1.807) is 6.07 Å². The number of nitrogens with zero attached hydrogens (tertiary/aromatic N) is 4. The Morgan fingerprint density at radius 3 is 2.67 bits per heavy atom. The number of hydrogen-bond acceptors (Lipinski definition) is 5. The fourth-order valence-corrected chi connectivity index (χ4v) is 3.22. The number of alkyl halides is 2. The Labute approximate surface area is 154 Å². The van der Waals surface area contributed by atoms with Crippen molar-refractivity contribution in [2.24, 2.45) is 5.92 Å². The second-order valence-electron chi connectivity index (χ2n) is 6.63. The van der Waals surface area contributed by atoms with E-state index in [2.05, 4.69) is 20.3 Å². The zero-order valence-electron chi connectivity index (χ0n) is 14.4. The zero-order chi connectivity index (χ0) is 18.8. The first kappa shape index (κ1) is 17.5. The number of fused-ring (bicyclic) bond motifs is 1. The maximum Gasteiger partial charge on any atom is 0.239 e. The Hall–Kier alpha value is -2.90. The van der Waals surface area contributed by atoms with E-state index in [4.69, 9.17) is 0 Å². The molecule has 3 heterocycles. The Kier molecular flexibility index (Phi) is 4.79. The molecule has 4 rings (SSSR count). The van der Waals surface area contributed by atoms with Gasteiger partial charge in [-0.05, 0) is 29.7 Å². The van der Waals surface area contributed by atoms with Crippen LogP contribution >= 0.6 is 0 Å². The van der Waals surface area contributed by atoms with Crippen LogP contribution < -0.4 is 10.2 Å². The van der Waals surface area contributed by atoms with Gasteiger partial charge in [0.2, 0.25) is 18.3 Å². The molecule has 8 heteroatoms. The fraction of sp³-hybridized carbons (Fsp3) is 0.316. The normalized spacial score (nSPS) is 14.6. The highest BCUT2D eigenvalue weighted by atomic mass is 19.3. The molecule has 3 aromatic rings. The molecule has 1 saturated heterocycles. The second-order valence-corrected chi connectivity index (χ2v) is 6.63. The summed E-state index contributed by atoms with van der Waals surface area (Å²) in [4.78, 5) is 14.7. The minimum absolute atomic E-state index is 0.0135. The Bertz CT molecular complexity index is 926. The Morgan fingerprint density at radius 2 is 1.93 bits per heavy atom. The van der Waals surface area contributed by atoms with Gasteiger partial charge in [-0.1, -0.05) is 18.2 Å². The quantitative estimate of drug-likeness (QED) is 0.665. The first-order chi connectivity index (χ1) is 13.1. The highest BCUT2D eigenvalue weighted by Gasteiger charge is 2.31. The van der Waals surface area contributed by atoms with Gasteiger partial charge in [-0.15, -0.1) is 0 Å². The van der Waals surface area contributed by atoms with Gasteiger partial charge in [0.1, 0.15) is 5.82 Å². The highest BCUT2D eigenvalue weighted by Crippen LogP contribution is 2.32. The van der Waals surface area contributed by atoms with Crippen LogP contribution in [0.4, 0.5) is 24.9 Å². The molecule has 0 atom stereocenters. The van der Waals surface area contributed by atoms with Crippen LogP contribution in [0.3, 0.4) is 0 Å². The van der Waals surface area contributed by atoms with Crippen LogP contribution in [0, 0.1) is 11.9 Å². The zero-order valence-corrected chi connectivity index (χ0v) is 14.4. The van der Waals surface area contributed by atoms with Gasteiger partial charge in [0, 0.05) is 37.6 Å². The number of para-hydroxylation sites is 1. The van der Waals surface area contributed by atoms with Gasteiger partial charge in [-0.25, -0.2) is 18.7 Å². The van der Waals surface area contributed by atoms with Crippen molar-refractivity contribution in [3.8, 4) is 0 Å². The van der Waals surface area contributed by atoms with Gasteiger partial charge in [0.25, 0.3) is 0 Å². The third-order valence-electron chi connectivity index (χ3n) is 4.59. The van der Waals surface area contributed by atoms with Gasteiger partial charge < -0.3 is 10.2 Å². The molecule has 1 aliphatic rings. The van der Waals surface area contributed by atoms with Gasteiger partial charge in [-0.3, -0.25) is 0 Å².